The first-order chi connectivity index (χ1) is 15.4. The molecule has 1 aliphatic rings. The van der Waals surface area contributed by atoms with Crippen LogP contribution in [0.5, 0.6) is 5.75 Å². The van der Waals surface area contributed by atoms with Crippen LogP contribution in [0.25, 0.3) is 10.8 Å². The van der Waals surface area contributed by atoms with Gasteiger partial charge in [-0.05, 0) is 61.2 Å². The molecule has 1 saturated heterocycles. The number of thioether (sulfide) groups is 1. The van der Waals surface area contributed by atoms with Gasteiger partial charge in [0, 0.05) is 25.9 Å². The van der Waals surface area contributed by atoms with E-state index in [2.05, 4.69) is 29.7 Å². The zero-order chi connectivity index (χ0) is 22.7. The second-order valence-electron chi connectivity index (χ2n) is 8.40. The van der Waals surface area contributed by atoms with Crippen LogP contribution in [-0.4, -0.2) is 53.0 Å². The Morgan fingerprint density at radius 3 is 2.78 bits per heavy atom. The number of methoxy groups -OCH3 is 1. The summed E-state index contributed by atoms with van der Waals surface area (Å²) in [4.78, 5) is 19.3. The van der Waals surface area contributed by atoms with Crippen molar-refractivity contribution in [2.45, 2.75) is 51.0 Å². The van der Waals surface area contributed by atoms with Gasteiger partial charge < -0.3 is 18.9 Å². The number of carbonyl (C=O) groups excluding carboxylic acids is 1. The van der Waals surface area contributed by atoms with Gasteiger partial charge in [-0.1, -0.05) is 30.0 Å². The van der Waals surface area contributed by atoms with Gasteiger partial charge in [0.2, 0.25) is 5.91 Å². The summed E-state index contributed by atoms with van der Waals surface area (Å²) in [6, 6.07) is 12.3. The van der Waals surface area contributed by atoms with Crippen molar-refractivity contribution in [2.24, 2.45) is 0 Å². The highest BCUT2D eigenvalue weighted by molar-refractivity contribution is 7.99. The summed E-state index contributed by atoms with van der Waals surface area (Å²) in [5.74, 6) is 1.30. The zero-order valence-electron chi connectivity index (χ0n) is 19.3. The Balaban J connectivity index is 1.38. The van der Waals surface area contributed by atoms with Crippen LogP contribution >= 0.6 is 11.8 Å². The molecule has 2 heterocycles. The number of hydrogen-bond donors (Lipinski definition) is 0. The van der Waals surface area contributed by atoms with E-state index < -0.39 is 0 Å². The monoisotopic (exact) mass is 453 g/mol. The average molecular weight is 454 g/mol. The fourth-order valence-electron chi connectivity index (χ4n) is 4.04. The molecule has 3 aromatic rings. The fourth-order valence-corrected chi connectivity index (χ4v) is 5.08. The number of rotatable bonds is 8. The Labute approximate surface area is 193 Å². The second-order valence-corrected chi connectivity index (χ2v) is 9.34. The van der Waals surface area contributed by atoms with E-state index in [1.165, 1.54) is 11.8 Å². The van der Waals surface area contributed by atoms with Crippen molar-refractivity contribution in [2.75, 3.05) is 26.5 Å². The summed E-state index contributed by atoms with van der Waals surface area (Å²) in [7, 11) is 3.53. The SMILES string of the molecule is COc1ccc2cc(CN(C)C(=O)CSc3nc(C)c(C)n3CC3CCCO3)ccc2c1. The third-order valence-electron chi connectivity index (χ3n) is 6.11. The molecule has 1 aromatic heterocycles. The van der Waals surface area contributed by atoms with E-state index in [4.69, 9.17) is 14.5 Å². The van der Waals surface area contributed by atoms with Crippen LogP contribution in [0.2, 0.25) is 0 Å². The van der Waals surface area contributed by atoms with Crippen molar-refractivity contribution in [3.63, 3.8) is 0 Å². The number of aromatic nitrogens is 2. The van der Waals surface area contributed by atoms with Crippen molar-refractivity contribution in [1.29, 1.82) is 0 Å². The maximum Gasteiger partial charge on any atom is 0.233 e. The number of ether oxygens (including phenoxy) is 2. The number of aryl methyl sites for hydroxylation is 1. The molecular weight excluding hydrogens is 422 g/mol. The summed E-state index contributed by atoms with van der Waals surface area (Å²) >= 11 is 1.51. The fraction of sp³-hybridized carbons (Fsp3) is 0.440. The topological polar surface area (TPSA) is 56.6 Å². The lowest BCUT2D eigenvalue weighted by molar-refractivity contribution is -0.127. The van der Waals surface area contributed by atoms with E-state index in [0.29, 0.717) is 12.3 Å². The number of hydrogen-bond acceptors (Lipinski definition) is 5. The Hall–Kier alpha value is -2.51. The van der Waals surface area contributed by atoms with E-state index in [-0.39, 0.29) is 12.0 Å². The lowest BCUT2D eigenvalue weighted by atomic mass is 10.1. The molecule has 0 radical (unpaired) electrons. The Morgan fingerprint density at radius 2 is 2.03 bits per heavy atom. The summed E-state index contributed by atoms with van der Waals surface area (Å²) in [6.45, 7) is 6.33. The van der Waals surface area contributed by atoms with Crippen LogP contribution in [-0.2, 0) is 22.6 Å². The predicted molar refractivity (Wildman–Crippen MR) is 128 cm³/mol. The molecular formula is C25H31N3O3S. The minimum absolute atomic E-state index is 0.0896. The molecule has 0 bridgehead atoms. The third-order valence-corrected chi connectivity index (χ3v) is 7.08. The van der Waals surface area contributed by atoms with Crippen LogP contribution < -0.4 is 4.74 Å². The molecule has 32 heavy (non-hydrogen) atoms. The van der Waals surface area contributed by atoms with E-state index in [0.717, 1.165) is 64.6 Å². The minimum Gasteiger partial charge on any atom is -0.497 e. The molecule has 0 aliphatic carbocycles. The van der Waals surface area contributed by atoms with Crippen LogP contribution in [0.15, 0.2) is 41.6 Å². The predicted octanol–water partition coefficient (Wildman–Crippen LogP) is 4.59. The van der Waals surface area contributed by atoms with E-state index in [1.807, 2.05) is 32.2 Å². The Kier molecular flexibility index (Phi) is 7.06. The van der Waals surface area contributed by atoms with Gasteiger partial charge in [-0.3, -0.25) is 4.79 Å². The van der Waals surface area contributed by atoms with Crippen molar-refractivity contribution >= 4 is 28.4 Å². The van der Waals surface area contributed by atoms with Crippen molar-refractivity contribution in [3.05, 3.63) is 53.3 Å². The van der Waals surface area contributed by atoms with Crippen LogP contribution in [0.3, 0.4) is 0 Å². The van der Waals surface area contributed by atoms with Gasteiger partial charge in [0.25, 0.3) is 0 Å². The zero-order valence-corrected chi connectivity index (χ0v) is 20.1. The molecule has 6 nitrogen and oxygen atoms in total. The van der Waals surface area contributed by atoms with E-state index in [1.54, 1.807) is 12.0 Å². The average Bonchev–Trinajstić information content (AvgIpc) is 3.41. The van der Waals surface area contributed by atoms with Gasteiger partial charge in [-0.15, -0.1) is 0 Å². The quantitative estimate of drug-likeness (QED) is 0.467. The van der Waals surface area contributed by atoms with Gasteiger partial charge in [-0.25, -0.2) is 4.98 Å². The van der Waals surface area contributed by atoms with Crippen molar-refractivity contribution in [1.82, 2.24) is 14.5 Å². The minimum atomic E-state index is 0.0896. The number of nitrogens with zero attached hydrogens (tertiary/aromatic N) is 3. The first-order valence-corrected chi connectivity index (χ1v) is 12.0. The van der Waals surface area contributed by atoms with E-state index in [9.17, 15) is 4.79 Å². The molecule has 1 amide bonds. The normalized spacial score (nSPS) is 15.9. The van der Waals surface area contributed by atoms with Gasteiger partial charge in [-0.2, -0.15) is 0 Å². The number of carbonyl (C=O) groups is 1. The highest BCUT2D eigenvalue weighted by Gasteiger charge is 2.21. The number of fused-ring (bicyclic) bond motifs is 1. The first kappa shape index (κ1) is 22.7. The largest absolute Gasteiger partial charge is 0.497 e. The first-order valence-electron chi connectivity index (χ1n) is 11.0. The van der Waals surface area contributed by atoms with Gasteiger partial charge >= 0.3 is 0 Å². The summed E-state index contributed by atoms with van der Waals surface area (Å²) < 4.78 is 13.3. The second kappa shape index (κ2) is 9.96. The molecule has 1 atom stereocenters. The number of benzene rings is 2. The van der Waals surface area contributed by atoms with Crippen molar-refractivity contribution in [3.8, 4) is 5.75 Å². The lowest BCUT2D eigenvalue weighted by Crippen LogP contribution is -2.28. The number of amides is 1. The Bertz CT molecular complexity index is 1110. The molecule has 1 unspecified atom stereocenters. The lowest BCUT2D eigenvalue weighted by Gasteiger charge is -2.18. The highest BCUT2D eigenvalue weighted by Crippen LogP contribution is 2.25. The number of imidazole rings is 1. The molecule has 0 N–H and O–H groups in total. The molecule has 1 fully saturated rings. The maximum atomic E-state index is 12.8. The molecule has 0 spiro atoms. The summed E-state index contributed by atoms with van der Waals surface area (Å²) in [5.41, 5.74) is 3.27. The maximum absolute atomic E-state index is 12.8. The molecule has 4 rings (SSSR count). The molecule has 7 heteroatoms. The van der Waals surface area contributed by atoms with Gasteiger partial charge in [0.15, 0.2) is 5.16 Å². The van der Waals surface area contributed by atoms with Crippen LogP contribution in [0.4, 0.5) is 0 Å². The van der Waals surface area contributed by atoms with E-state index >= 15 is 0 Å². The molecule has 1 aliphatic heterocycles. The molecule has 0 saturated carbocycles. The smallest absolute Gasteiger partial charge is 0.233 e. The Morgan fingerprint density at radius 1 is 1.25 bits per heavy atom. The van der Waals surface area contributed by atoms with Gasteiger partial charge in [0.05, 0.1) is 31.2 Å². The standard InChI is InChI=1S/C25H31N3O3S/c1-17-18(2)28(15-23-6-5-11-31-23)25(26-17)32-16-24(29)27(3)14-19-7-8-21-13-22(30-4)10-9-20(21)12-19/h7-10,12-13,23H,5-6,11,14-16H2,1-4H3. The molecule has 170 valence electrons. The molecule has 2 aromatic carbocycles. The summed E-state index contributed by atoms with van der Waals surface area (Å²) in [6.07, 6.45) is 2.44. The highest BCUT2D eigenvalue weighted by atomic mass is 32.2. The van der Waals surface area contributed by atoms with Crippen molar-refractivity contribution < 1.29 is 14.3 Å². The van der Waals surface area contributed by atoms with Crippen LogP contribution in [0.1, 0.15) is 29.8 Å². The van der Waals surface area contributed by atoms with Crippen LogP contribution in [0, 0.1) is 13.8 Å². The summed E-state index contributed by atoms with van der Waals surface area (Å²) in [5, 5.41) is 3.17. The van der Waals surface area contributed by atoms with Gasteiger partial charge in [0.1, 0.15) is 5.75 Å². The third kappa shape index (κ3) is 5.10.